The molecule has 4 rings (SSSR count). The number of carbonyl (C=O) groups is 1. The molecule has 0 aliphatic heterocycles. The number of thiazole rings is 1. The molecule has 4 N–H and O–H groups in total. The van der Waals surface area contributed by atoms with E-state index in [0.29, 0.717) is 63.1 Å². The van der Waals surface area contributed by atoms with Crippen LogP contribution in [0.4, 0.5) is 8.78 Å². The third-order valence-corrected chi connectivity index (χ3v) is 8.13. The molecule has 0 bridgehead atoms. The van der Waals surface area contributed by atoms with Gasteiger partial charge in [-0.25, -0.2) is 8.78 Å². The fourth-order valence-corrected chi connectivity index (χ4v) is 6.04. The highest BCUT2D eigenvalue weighted by molar-refractivity contribution is 7.16. The Bertz CT molecular complexity index is 1270. The van der Waals surface area contributed by atoms with Crippen LogP contribution in [-0.2, 0) is 17.6 Å². The Hall–Kier alpha value is -2.82. The summed E-state index contributed by atoms with van der Waals surface area (Å²) in [5.74, 6) is -0.682. The van der Waals surface area contributed by atoms with E-state index in [0.717, 1.165) is 59.4 Å². The number of aromatic amines is 1. The van der Waals surface area contributed by atoms with E-state index in [4.69, 9.17) is 0 Å². The number of aromatic hydroxyl groups is 1. The minimum absolute atomic E-state index is 0.0762. The second kappa shape index (κ2) is 13.8. The van der Waals surface area contributed by atoms with Gasteiger partial charge >= 0.3 is 4.87 Å². The maximum absolute atomic E-state index is 13.8. The number of benzene rings is 2. The first kappa shape index (κ1) is 28.2. The second-order valence-corrected chi connectivity index (χ2v) is 10.8. The number of rotatable bonds is 13. The molecule has 2 aromatic carbocycles. The Morgan fingerprint density at radius 2 is 1.74 bits per heavy atom. The smallest absolute Gasteiger partial charge is 0.305 e. The van der Waals surface area contributed by atoms with Crippen LogP contribution in [0.3, 0.4) is 0 Å². The highest BCUT2D eigenvalue weighted by atomic mass is 32.1. The van der Waals surface area contributed by atoms with Gasteiger partial charge in [0.2, 0.25) is 5.91 Å². The maximum atomic E-state index is 13.8. The number of fused-ring (bicyclic) bond motifs is 1. The molecule has 1 fully saturated rings. The van der Waals surface area contributed by atoms with E-state index in [1.807, 2.05) is 11.0 Å². The molecule has 0 spiro atoms. The first-order valence-corrected chi connectivity index (χ1v) is 14.2. The van der Waals surface area contributed by atoms with Crippen molar-refractivity contribution in [1.82, 2.24) is 20.5 Å². The zero-order chi connectivity index (χ0) is 26.9. The van der Waals surface area contributed by atoms with E-state index in [9.17, 15) is 23.5 Å². The predicted octanol–water partition coefficient (Wildman–Crippen LogP) is 4.09. The normalized spacial score (nSPS) is 14.3. The van der Waals surface area contributed by atoms with Crippen molar-refractivity contribution >= 4 is 27.5 Å². The molecule has 1 aliphatic carbocycles. The number of amides is 1. The summed E-state index contributed by atoms with van der Waals surface area (Å²) in [6, 6.07) is 7.16. The average molecular weight is 547 g/mol. The van der Waals surface area contributed by atoms with Gasteiger partial charge < -0.3 is 25.6 Å². The van der Waals surface area contributed by atoms with Crippen LogP contribution >= 0.6 is 11.3 Å². The van der Waals surface area contributed by atoms with Crippen LogP contribution in [0.5, 0.6) is 5.75 Å². The number of halogens is 2. The van der Waals surface area contributed by atoms with E-state index in [2.05, 4.69) is 15.6 Å². The van der Waals surface area contributed by atoms with Gasteiger partial charge in [-0.3, -0.25) is 9.59 Å². The molecule has 206 valence electrons. The van der Waals surface area contributed by atoms with Gasteiger partial charge in [0.15, 0.2) is 0 Å². The zero-order valence-corrected chi connectivity index (χ0v) is 22.3. The fourth-order valence-electron chi connectivity index (χ4n) is 5.14. The number of nitrogens with zero attached hydrogens (tertiary/aromatic N) is 1. The number of nitrogens with one attached hydrogen (secondary N) is 3. The summed E-state index contributed by atoms with van der Waals surface area (Å²) in [4.78, 5) is 29.4. The lowest BCUT2D eigenvalue weighted by Crippen LogP contribution is -2.45. The van der Waals surface area contributed by atoms with Crippen molar-refractivity contribution in [1.29, 1.82) is 0 Å². The van der Waals surface area contributed by atoms with Gasteiger partial charge in [-0.1, -0.05) is 36.7 Å². The first-order chi connectivity index (χ1) is 18.4. The van der Waals surface area contributed by atoms with Crippen LogP contribution in [0, 0.1) is 11.6 Å². The number of hydrogen-bond acceptors (Lipinski definition) is 6. The lowest BCUT2D eigenvalue weighted by Gasteiger charge is -2.34. The summed E-state index contributed by atoms with van der Waals surface area (Å²) in [7, 11) is 0. The summed E-state index contributed by atoms with van der Waals surface area (Å²) < 4.78 is 27.9. The van der Waals surface area contributed by atoms with Crippen LogP contribution in [0.2, 0.25) is 0 Å². The standard InChI is InChI=1S/C28H36F2N4O3S/c29-21-7-8-23(30)20(18-21)11-14-31-15-12-25(36)34(22-4-2-1-3-5-22)17-16-32-13-10-19-6-9-24(35)26-27(19)38-28(37)33-26/h6-9,18,22,31-32,35H,1-5,10-17H2,(H,33,37). The first-order valence-electron chi connectivity index (χ1n) is 13.4. The van der Waals surface area contributed by atoms with Crippen molar-refractivity contribution < 1.29 is 18.7 Å². The Labute approximate surface area is 225 Å². The Balaban J connectivity index is 1.22. The molecule has 1 saturated carbocycles. The fraction of sp³-hybridized carbons (Fsp3) is 0.500. The van der Waals surface area contributed by atoms with Crippen molar-refractivity contribution in [2.75, 3.05) is 32.7 Å². The Morgan fingerprint density at radius 1 is 1.00 bits per heavy atom. The minimum atomic E-state index is -0.453. The summed E-state index contributed by atoms with van der Waals surface area (Å²) in [6.07, 6.45) is 6.96. The Kier molecular flexibility index (Phi) is 10.3. The number of H-pyrrole nitrogens is 1. The largest absolute Gasteiger partial charge is 0.506 e. The van der Waals surface area contributed by atoms with Crippen molar-refractivity contribution in [3.05, 3.63) is 62.8 Å². The molecule has 3 aromatic rings. The molecule has 38 heavy (non-hydrogen) atoms. The molecule has 1 aliphatic rings. The molecule has 1 heterocycles. The molecular formula is C28H36F2N4O3S. The lowest BCUT2D eigenvalue weighted by atomic mass is 9.94. The highest BCUT2D eigenvalue weighted by Gasteiger charge is 2.24. The summed E-state index contributed by atoms with van der Waals surface area (Å²) in [5, 5.41) is 16.6. The molecule has 0 unspecified atom stereocenters. The lowest BCUT2D eigenvalue weighted by molar-refractivity contribution is -0.134. The molecule has 0 saturated heterocycles. The van der Waals surface area contributed by atoms with Crippen molar-refractivity contribution in [3.63, 3.8) is 0 Å². The van der Waals surface area contributed by atoms with Crippen molar-refractivity contribution in [2.24, 2.45) is 0 Å². The van der Waals surface area contributed by atoms with Crippen molar-refractivity contribution in [3.8, 4) is 5.75 Å². The SMILES string of the molecule is O=C(CCNCCc1cc(F)ccc1F)N(CCNCCc1ccc(O)c2[nH]c(=O)sc12)C1CCCCC1. The van der Waals surface area contributed by atoms with Gasteiger partial charge in [0.05, 0.1) is 4.70 Å². The van der Waals surface area contributed by atoms with Gasteiger partial charge in [0, 0.05) is 32.1 Å². The number of hydrogen-bond donors (Lipinski definition) is 4. The number of phenolic OH excluding ortho intramolecular Hbond substituents is 1. The van der Waals surface area contributed by atoms with Gasteiger partial charge in [0.1, 0.15) is 22.9 Å². The maximum Gasteiger partial charge on any atom is 0.305 e. The van der Waals surface area contributed by atoms with Crippen LogP contribution in [0.15, 0.2) is 35.1 Å². The molecule has 0 atom stereocenters. The van der Waals surface area contributed by atoms with E-state index in [1.54, 1.807) is 6.07 Å². The van der Waals surface area contributed by atoms with E-state index >= 15 is 0 Å². The van der Waals surface area contributed by atoms with Crippen LogP contribution in [0.25, 0.3) is 10.2 Å². The third kappa shape index (κ3) is 7.61. The summed E-state index contributed by atoms with van der Waals surface area (Å²) in [6.45, 7) is 2.94. The van der Waals surface area contributed by atoms with E-state index < -0.39 is 11.6 Å². The molecule has 1 aromatic heterocycles. The molecule has 10 heteroatoms. The van der Waals surface area contributed by atoms with E-state index in [-0.39, 0.29) is 22.6 Å². The number of phenols is 1. The van der Waals surface area contributed by atoms with Crippen LogP contribution < -0.4 is 15.5 Å². The van der Waals surface area contributed by atoms with Crippen molar-refractivity contribution in [2.45, 2.75) is 57.4 Å². The second-order valence-electron chi connectivity index (χ2n) is 9.83. The molecule has 7 nitrogen and oxygen atoms in total. The topological polar surface area (TPSA) is 97.5 Å². The Morgan fingerprint density at radius 3 is 2.53 bits per heavy atom. The molecule has 1 amide bonds. The number of aromatic nitrogens is 1. The van der Waals surface area contributed by atoms with Gasteiger partial charge in [-0.15, -0.1) is 0 Å². The predicted molar refractivity (Wildman–Crippen MR) is 147 cm³/mol. The summed E-state index contributed by atoms with van der Waals surface area (Å²) in [5.41, 5.74) is 1.82. The van der Waals surface area contributed by atoms with Gasteiger partial charge in [-0.2, -0.15) is 0 Å². The zero-order valence-electron chi connectivity index (χ0n) is 21.5. The highest BCUT2D eigenvalue weighted by Crippen LogP contribution is 2.28. The third-order valence-electron chi connectivity index (χ3n) is 7.17. The summed E-state index contributed by atoms with van der Waals surface area (Å²) >= 11 is 1.10. The van der Waals surface area contributed by atoms with E-state index in [1.165, 1.54) is 12.5 Å². The quantitative estimate of drug-likeness (QED) is 0.242. The van der Waals surface area contributed by atoms with Crippen LogP contribution in [-0.4, -0.2) is 59.7 Å². The van der Waals surface area contributed by atoms with Gasteiger partial charge in [0.25, 0.3) is 0 Å². The van der Waals surface area contributed by atoms with Gasteiger partial charge in [-0.05, 0) is 74.2 Å². The molecule has 0 radical (unpaired) electrons. The monoisotopic (exact) mass is 546 g/mol. The number of carbonyl (C=O) groups excluding carboxylic acids is 1. The average Bonchev–Trinajstić information content (AvgIpc) is 3.32. The van der Waals surface area contributed by atoms with Crippen LogP contribution in [0.1, 0.15) is 49.7 Å². The molecular weight excluding hydrogens is 510 g/mol. The minimum Gasteiger partial charge on any atom is -0.506 e.